The van der Waals surface area contributed by atoms with Crippen molar-refractivity contribution >= 4 is 23.5 Å². The minimum absolute atomic E-state index is 0.0341. The molecule has 0 saturated heterocycles. The number of para-hydroxylation sites is 1. The van der Waals surface area contributed by atoms with Crippen LogP contribution in [-0.2, 0) is 0 Å². The van der Waals surface area contributed by atoms with Crippen molar-refractivity contribution in [3.05, 3.63) is 54.4 Å². The lowest BCUT2D eigenvalue weighted by molar-refractivity contribution is 0.0946. The summed E-state index contributed by atoms with van der Waals surface area (Å²) in [7, 11) is 1.82. The van der Waals surface area contributed by atoms with Crippen LogP contribution < -0.4 is 16.0 Å². The number of nitrogens with one attached hydrogen (secondary N) is 1. The molecule has 1 aliphatic carbocycles. The predicted molar refractivity (Wildman–Crippen MR) is 116 cm³/mol. The molecule has 32 heavy (non-hydrogen) atoms. The van der Waals surface area contributed by atoms with Crippen molar-refractivity contribution in [3.63, 3.8) is 0 Å². The molecule has 1 amide bonds. The number of rotatable bonds is 6. The number of nitrogens with two attached hydrogens (primary N) is 1. The van der Waals surface area contributed by atoms with E-state index in [1.165, 1.54) is 6.20 Å². The number of benzene rings is 1. The second-order valence-electron chi connectivity index (χ2n) is 7.31. The van der Waals surface area contributed by atoms with E-state index in [0.29, 0.717) is 17.2 Å². The summed E-state index contributed by atoms with van der Waals surface area (Å²) in [5, 5.41) is 6.86. The van der Waals surface area contributed by atoms with Crippen molar-refractivity contribution in [3.8, 4) is 23.1 Å². The van der Waals surface area contributed by atoms with Gasteiger partial charge in [-0.05, 0) is 37.1 Å². The fourth-order valence-corrected chi connectivity index (χ4v) is 2.97. The summed E-state index contributed by atoms with van der Waals surface area (Å²) in [5.41, 5.74) is 7.67. The Kier molecular flexibility index (Phi) is 4.90. The first-order chi connectivity index (χ1) is 15.6. The van der Waals surface area contributed by atoms with Gasteiger partial charge in [-0.2, -0.15) is 19.9 Å². The van der Waals surface area contributed by atoms with Crippen LogP contribution in [0, 0.1) is 0 Å². The molecule has 1 fully saturated rings. The van der Waals surface area contributed by atoms with Crippen LogP contribution >= 0.6 is 0 Å². The van der Waals surface area contributed by atoms with Gasteiger partial charge in [-0.1, -0.05) is 23.4 Å². The number of anilines is 3. The highest BCUT2D eigenvalue weighted by Crippen LogP contribution is 2.24. The largest absolute Gasteiger partial charge is 0.368 e. The Labute approximate surface area is 182 Å². The van der Waals surface area contributed by atoms with Crippen LogP contribution in [0.25, 0.3) is 23.1 Å². The highest BCUT2D eigenvalue weighted by molar-refractivity contribution is 5.92. The van der Waals surface area contributed by atoms with Gasteiger partial charge >= 0.3 is 0 Å². The number of nitrogens with zero attached hydrogens (tertiary/aromatic N) is 7. The van der Waals surface area contributed by atoms with Gasteiger partial charge in [0.1, 0.15) is 5.69 Å². The van der Waals surface area contributed by atoms with Crippen molar-refractivity contribution in [1.82, 2.24) is 35.4 Å². The number of nitrogen functional groups attached to an aromatic ring is 1. The maximum absolute atomic E-state index is 12.1. The number of amides is 1. The third-order valence-electron chi connectivity index (χ3n) is 4.87. The summed E-state index contributed by atoms with van der Waals surface area (Å²) in [5.74, 6) is 0.746. The molecule has 1 saturated carbocycles. The first-order valence-electron chi connectivity index (χ1n) is 9.98. The molecule has 3 N–H and O–H groups in total. The highest BCUT2D eigenvalue weighted by atomic mass is 16.5. The zero-order valence-electron chi connectivity index (χ0n) is 17.1. The van der Waals surface area contributed by atoms with Crippen LogP contribution in [0.3, 0.4) is 0 Å². The van der Waals surface area contributed by atoms with Gasteiger partial charge in [-0.15, -0.1) is 0 Å². The Hall–Kier alpha value is -4.41. The second-order valence-corrected chi connectivity index (χ2v) is 7.31. The third-order valence-corrected chi connectivity index (χ3v) is 4.87. The SMILES string of the molecule is CN(c1ccccc1)c1nc(N)nc(-c2noc(-c3ccc(C(=O)NC4CC4)nc3)n2)n1. The molecule has 0 radical (unpaired) electrons. The number of hydrogen-bond donors (Lipinski definition) is 2. The smallest absolute Gasteiger partial charge is 0.270 e. The van der Waals surface area contributed by atoms with Gasteiger partial charge < -0.3 is 20.5 Å². The summed E-state index contributed by atoms with van der Waals surface area (Å²) in [6, 6.07) is 13.2. The summed E-state index contributed by atoms with van der Waals surface area (Å²) in [6.07, 6.45) is 3.54. The molecule has 0 spiro atoms. The van der Waals surface area contributed by atoms with E-state index < -0.39 is 0 Å². The van der Waals surface area contributed by atoms with E-state index in [1.54, 1.807) is 17.0 Å². The van der Waals surface area contributed by atoms with Crippen molar-refractivity contribution in [2.75, 3.05) is 17.7 Å². The molecule has 0 bridgehead atoms. The standard InChI is InChI=1S/C21H19N9O2/c1-30(14-5-3-2-4-6-14)21-27-16(26-20(22)28-21)17-25-19(32-29-17)12-7-10-15(23-11-12)18(31)24-13-8-9-13/h2-7,10-11,13H,8-9H2,1H3,(H,24,31)(H2,22,26,27,28). The first-order valence-corrected chi connectivity index (χ1v) is 9.98. The Bertz CT molecular complexity index is 1250. The van der Waals surface area contributed by atoms with E-state index >= 15 is 0 Å². The van der Waals surface area contributed by atoms with Crippen molar-refractivity contribution in [2.24, 2.45) is 0 Å². The van der Waals surface area contributed by atoms with Crippen LogP contribution in [-0.4, -0.2) is 49.1 Å². The Morgan fingerprint density at radius 2 is 1.88 bits per heavy atom. The maximum atomic E-state index is 12.1. The number of pyridine rings is 1. The molecule has 3 aromatic heterocycles. The van der Waals surface area contributed by atoms with Crippen molar-refractivity contribution < 1.29 is 9.32 Å². The monoisotopic (exact) mass is 429 g/mol. The van der Waals surface area contributed by atoms with E-state index in [-0.39, 0.29) is 35.4 Å². The fourth-order valence-electron chi connectivity index (χ4n) is 2.97. The normalized spacial score (nSPS) is 13.0. The molecule has 1 aliphatic rings. The summed E-state index contributed by atoms with van der Waals surface area (Å²) in [4.78, 5) is 35.2. The summed E-state index contributed by atoms with van der Waals surface area (Å²) < 4.78 is 5.35. The molecule has 11 nitrogen and oxygen atoms in total. The Balaban J connectivity index is 1.38. The van der Waals surface area contributed by atoms with Crippen molar-refractivity contribution in [2.45, 2.75) is 18.9 Å². The van der Waals surface area contributed by atoms with E-state index in [0.717, 1.165) is 18.5 Å². The van der Waals surface area contributed by atoms with E-state index in [1.807, 2.05) is 37.4 Å². The molecule has 0 aliphatic heterocycles. The molecule has 4 aromatic rings. The van der Waals surface area contributed by atoms with Gasteiger partial charge in [0.15, 0.2) is 0 Å². The summed E-state index contributed by atoms with van der Waals surface area (Å²) >= 11 is 0. The molecular weight excluding hydrogens is 410 g/mol. The lowest BCUT2D eigenvalue weighted by Crippen LogP contribution is -2.26. The predicted octanol–water partition coefficient (Wildman–Crippen LogP) is 2.23. The fraction of sp³-hybridized carbons (Fsp3) is 0.190. The van der Waals surface area contributed by atoms with Gasteiger partial charge in [0, 0.05) is 25.0 Å². The molecule has 0 atom stereocenters. The van der Waals surface area contributed by atoms with Crippen LogP contribution in [0.4, 0.5) is 17.6 Å². The lowest BCUT2D eigenvalue weighted by Gasteiger charge is -2.17. The number of aromatic nitrogens is 6. The van der Waals surface area contributed by atoms with Crippen molar-refractivity contribution in [1.29, 1.82) is 0 Å². The number of hydrogen-bond acceptors (Lipinski definition) is 10. The molecule has 0 unspecified atom stereocenters. The Morgan fingerprint density at radius 1 is 1.06 bits per heavy atom. The van der Waals surface area contributed by atoms with Crippen LogP contribution in [0.5, 0.6) is 0 Å². The van der Waals surface area contributed by atoms with Gasteiger partial charge in [0.25, 0.3) is 11.8 Å². The zero-order valence-corrected chi connectivity index (χ0v) is 17.1. The van der Waals surface area contributed by atoms with E-state index in [4.69, 9.17) is 10.3 Å². The van der Waals surface area contributed by atoms with Crippen LogP contribution in [0.1, 0.15) is 23.3 Å². The second kappa shape index (κ2) is 8.02. The topological polar surface area (TPSA) is 149 Å². The number of carbonyl (C=O) groups excluding carboxylic acids is 1. The first kappa shape index (κ1) is 19.5. The quantitative estimate of drug-likeness (QED) is 0.467. The molecular formula is C21H19N9O2. The van der Waals surface area contributed by atoms with Gasteiger partial charge in [-0.3, -0.25) is 9.78 Å². The van der Waals surface area contributed by atoms with Crippen LogP contribution in [0.2, 0.25) is 0 Å². The van der Waals surface area contributed by atoms with E-state index in [9.17, 15) is 4.79 Å². The molecule has 160 valence electrons. The minimum atomic E-state index is -0.194. The molecule has 1 aromatic carbocycles. The third kappa shape index (κ3) is 4.08. The van der Waals surface area contributed by atoms with Crippen LogP contribution in [0.15, 0.2) is 53.2 Å². The minimum Gasteiger partial charge on any atom is -0.368 e. The number of carbonyl (C=O) groups is 1. The molecule has 11 heteroatoms. The van der Waals surface area contributed by atoms with Gasteiger partial charge in [0.2, 0.25) is 23.5 Å². The summed E-state index contributed by atoms with van der Waals surface area (Å²) in [6.45, 7) is 0. The average molecular weight is 429 g/mol. The highest BCUT2D eigenvalue weighted by Gasteiger charge is 2.24. The Morgan fingerprint density at radius 3 is 2.59 bits per heavy atom. The zero-order chi connectivity index (χ0) is 22.1. The molecule has 3 heterocycles. The average Bonchev–Trinajstić information content (AvgIpc) is 3.50. The lowest BCUT2D eigenvalue weighted by atomic mass is 10.2. The van der Waals surface area contributed by atoms with Gasteiger partial charge in [-0.25, -0.2) is 0 Å². The maximum Gasteiger partial charge on any atom is 0.270 e. The molecule has 5 rings (SSSR count). The van der Waals surface area contributed by atoms with E-state index in [2.05, 4.69) is 35.4 Å². The van der Waals surface area contributed by atoms with Gasteiger partial charge in [0.05, 0.1) is 5.56 Å².